The largest absolute Gasteiger partial charge is 0.311 e. The van der Waals surface area contributed by atoms with Gasteiger partial charge in [0.15, 0.2) is 0 Å². The monoisotopic (exact) mass is 698 g/mol. The molecule has 0 saturated heterocycles. The maximum atomic E-state index is 5.48. The smallest absolute Gasteiger partial charge is 0.139 e. The molecule has 0 atom stereocenters. The molecule has 0 unspecified atom stereocenters. The molecule has 1 aliphatic heterocycles. The zero-order valence-electron chi connectivity index (χ0n) is 30.8. The van der Waals surface area contributed by atoms with Gasteiger partial charge in [0.2, 0.25) is 0 Å². The highest BCUT2D eigenvalue weighted by Gasteiger charge is 2.48. The number of para-hydroxylation sites is 4. The third-order valence-electron chi connectivity index (χ3n) is 10.5. The Hall–Kier alpha value is -6.65. The second-order valence-corrected chi connectivity index (χ2v) is 14.9. The molecule has 8 aromatic rings. The Morgan fingerprint density at radius 3 is 1.17 bits per heavy atom. The van der Waals surface area contributed by atoms with Crippen LogP contribution in [0.5, 0.6) is 0 Å². The van der Waals surface area contributed by atoms with Gasteiger partial charge in [-0.1, -0.05) is 142 Å². The van der Waals surface area contributed by atoms with Crippen LogP contribution in [0.3, 0.4) is 0 Å². The van der Waals surface area contributed by atoms with E-state index in [2.05, 4.69) is 235 Å². The summed E-state index contributed by atoms with van der Waals surface area (Å²) in [7, 11) is 0. The predicted molar refractivity (Wildman–Crippen MR) is 224 cm³/mol. The van der Waals surface area contributed by atoms with Crippen molar-refractivity contribution in [3.8, 4) is 11.3 Å². The first-order chi connectivity index (χ1) is 26.4. The van der Waals surface area contributed by atoms with Gasteiger partial charge in [-0.3, -0.25) is 0 Å². The van der Waals surface area contributed by atoms with Gasteiger partial charge in [-0.25, -0.2) is 4.68 Å². The fourth-order valence-electron chi connectivity index (χ4n) is 7.96. The summed E-state index contributed by atoms with van der Waals surface area (Å²) in [5.74, 6) is 0. The minimum Gasteiger partial charge on any atom is -0.311 e. The Bertz CT molecular complexity index is 2290. The van der Waals surface area contributed by atoms with Gasteiger partial charge in [-0.05, 0) is 95.6 Å². The lowest BCUT2D eigenvalue weighted by Crippen LogP contribution is -2.36. The summed E-state index contributed by atoms with van der Waals surface area (Å²) in [4.78, 5) is 4.62. The van der Waals surface area contributed by atoms with Crippen LogP contribution in [0.4, 0.5) is 34.1 Å². The first-order valence-electron chi connectivity index (χ1n) is 18.7. The molecule has 0 saturated carbocycles. The van der Waals surface area contributed by atoms with E-state index >= 15 is 0 Å². The van der Waals surface area contributed by atoms with Gasteiger partial charge in [-0.15, -0.1) is 0 Å². The minimum absolute atomic E-state index is 0.122. The second-order valence-electron chi connectivity index (χ2n) is 14.9. The number of fused-ring (bicyclic) bond motifs is 3. The number of nitrogens with zero attached hydrogens (tertiary/aromatic N) is 4. The van der Waals surface area contributed by atoms with Crippen LogP contribution in [0.2, 0.25) is 0 Å². The first-order valence-corrected chi connectivity index (χ1v) is 18.7. The summed E-state index contributed by atoms with van der Waals surface area (Å²) in [5.41, 5.74) is 12.7. The van der Waals surface area contributed by atoms with Crippen molar-refractivity contribution in [3.05, 3.63) is 223 Å². The molecular formula is C50H42N4. The Morgan fingerprint density at radius 1 is 0.426 bits per heavy atom. The number of benzene rings is 7. The molecule has 4 heteroatoms. The van der Waals surface area contributed by atoms with Crippen molar-refractivity contribution in [2.24, 2.45) is 0 Å². The van der Waals surface area contributed by atoms with Crippen LogP contribution >= 0.6 is 0 Å². The molecule has 9 rings (SSSR count). The van der Waals surface area contributed by atoms with Crippen molar-refractivity contribution in [1.82, 2.24) is 9.78 Å². The van der Waals surface area contributed by atoms with Crippen LogP contribution in [-0.4, -0.2) is 9.78 Å². The molecule has 0 fully saturated rings. The molecule has 262 valence electrons. The van der Waals surface area contributed by atoms with Crippen LogP contribution in [0.15, 0.2) is 200 Å². The van der Waals surface area contributed by atoms with Gasteiger partial charge < -0.3 is 9.80 Å². The van der Waals surface area contributed by atoms with E-state index in [1.54, 1.807) is 0 Å². The third-order valence-corrected chi connectivity index (χ3v) is 10.5. The Balaban J connectivity index is 1.24. The fourth-order valence-corrected chi connectivity index (χ4v) is 7.96. The van der Waals surface area contributed by atoms with Gasteiger partial charge >= 0.3 is 0 Å². The van der Waals surface area contributed by atoms with Crippen LogP contribution in [0.1, 0.15) is 43.2 Å². The molecule has 2 heterocycles. The average molecular weight is 699 g/mol. The third kappa shape index (κ3) is 5.59. The van der Waals surface area contributed by atoms with E-state index in [4.69, 9.17) is 5.10 Å². The van der Waals surface area contributed by atoms with Crippen LogP contribution in [0, 0.1) is 0 Å². The van der Waals surface area contributed by atoms with Gasteiger partial charge in [0, 0.05) is 45.1 Å². The van der Waals surface area contributed by atoms with Crippen molar-refractivity contribution in [2.75, 3.05) is 9.80 Å². The molecule has 54 heavy (non-hydrogen) atoms. The van der Waals surface area contributed by atoms with Gasteiger partial charge in [0.1, 0.15) is 5.54 Å². The molecule has 0 radical (unpaired) electrons. The van der Waals surface area contributed by atoms with Crippen LogP contribution in [-0.2, 0) is 11.0 Å². The Kier molecular flexibility index (Phi) is 8.24. The molecule has 4 nitrogen and oxygen atoms in total. The van der Waals surface area contributed by atoms with E-state index in [1.165, 1.54) is 11.1 Å². The summed E-state index contributed by atoms with van der Waals surface area (Å²) < 4.78 is 2.29. The SMILES string of the molecule is CC(C)(C)c1cc2n(n1)C(c1ccc(N(c3ccccc3)c3ccccc3)cc1)(c1ccc(N(c3ccccc3)c3ccccc3)cc1)c1ccccc1-2. The Morgan fingerprint density at radius 2 is 0.778 bits per heavy atom. The van der Waals surface area contributed by atoms with Gasteiger partial charge in [0.05, 0.1) is 11.4 Å². The minimum atomic E-state index is -0.707. The molecular weight excluding hydrogens is 657 g/mol. The number of rotatable bonds is 8. The van der Waals surface area contributed by atoms with Crippen LogP contribution < -0.4 is 9.80 Å². The zero-order valence-corrected chi connectivity index (χ0v) is 30.8. The van der Waals surface area contributed by atoms with Crippen molar-refractivity contribution < 1.29 is 0 Å². The van der Waals surface area contributed by atoms with E-state index in [1.807, 2.05) is 0 Å². The lowest BCUT2D eigenvalue weighted by molar-refractivity contribution is 0.461. The van der Waals surface area contributed by atoms with E-state index in [0.29, 0.717) is 0 Å². The van der Waals surface area contributed by atoms with Gasteiger partial charge in [-0.2, -0.15) is 5.10 Å². The number of hydrogen-bond donors (Lipinski definition) is 0. The molecule has 0 amide bonds. The zero-order chi connectivity index (χ0) is 36.7. The van der Waals surface area contributed by atoms with Crippen molar-refractivity contribution in [3.63, 3.8) is 0 Å². The van der Waals surface area contributed by atoms with E-state index in [0.717, 1.165) is 56.6 Å². The predicted octanol–water partition coefficient (Wildman–Crippen LogP) is 12.9. The highest BCUT2D eigenvalue weighted by molar-refractivity contribution is 5.81. The molecule has 0 N–H and O–H groups in total. The van der Waals surface area contributed by atoms with Crippen LogP contribution in [0.25, 0.3) is 11.3 Å². The highest BCUT2D eigenvalue weighted by Crippen LogP contribution is 2.53. The average Bonchev–Trinajstić information content (AvgIpc) is 3.79. The van der Waals surface area contributed by atoms with Crippen molar-refractivity contribution in [2.45, 2.75) is 31.7 Å². The van der Waals surface area contributed by atoms with E-state index in [-0.39, 0.29) is 5.41 Å². The first kappa shape index (κ1) is 33.2. The normalized spacial score (nSPS) is 12.9. The summed E-state index contributed by atoms with van der Waals surface area (Å²) in [6, 6.07) is 71.7. The molecule has 0 spiro atoms. The standard InChI is InChI=1S/C50H42N4/c1-49(2,3)48-36-47-45-26-16-17-27-46(45)50(54(47)51-48,37-28-32-43(33-29-37)52(39-18-8-4-9-19-39)40-20-10-5-11-21-40)38-30-34-44(35-31-38)53(41-22-12-6-13-23-41)42-24-14-7-15-25-42/h4-36H,1-3H3. The lowest BCUT2D eigenvalue weighted by atomic mass is 9.77. The maximum Gasteiger partial charge on any atom is 0.139 e. The maximum absolute atomic E-state index is 5.48. The summed E-state index contributed by atoms with van der Waals surface area (Å²) in [5, 5.41) is 5.48. The molecule has 1 aromatic heterocycles. The molecule has 7 aromatic carbocycles. The summed E-state index contributed by atoms with van der Waals surface area (Å²) >= 11 is 0. The number of hydrogen-bond acceptors (Lipinski definition) is 3. The highest BCUT2D eigenvalue weighted by atomic mass is 15.4. The molecule has 1 aliphatic rings. The topological polar surface area (TPSA) is 24.3 Å². The quantitative estimate of drug-likeness (QED) is 0.158. The number of anilines is 6. The second kappa shape index (κ2) is 13.4. The Labute approximate surface area is 318 Å². The molecule has 0 aliphatic carbocycles. The summed E-state index contributed by atoms with van der Waals surface area (Å²) in [6.07, 6.45) is 0. The fraction of sp³-hybridized carbons (Fsp3) is 0.100. The van der Waals surface area contributed by atoms with E-state index in [9.17, 15) is 0 Å². The lowest BCUT2D eigenvalue weighted by Gasteiger charge is -2.35. The van der Waals surface area contributed by atoms with E-state index < -0.39 is 5.54 Å². The van der Waals surface area contributed by atoms with Crippen molar-refractivity contribution in [1.29, 1.82) is 0 Å². The molecule has 0 bridgehead atoms. The summed E-state index contributed by atoms with van der Waals surface area (Å²) in [6.45, 7) is 6.73. The van der Waals surface area contributed by atoms with Crippen molar-refractivity contribution >= 4 is 34.1 Å². The number of aromatic nitrogens is 2. The van der Waals surface area contributed by atoms with Gasteiger partial charge in [0.25, 0.3) is 0 Å².